The lowest BCUT2D eigenvalue weighted by atomic mass is 10.1. The zero-order valence-corrected chi connectivity index (χ0v) is 12.8. The number of pyridine rings is 1. The summed E-state index contributed by atoms with van der Waals surface area (Å²) in [5.41, 5.74) is 2.88. The molecule has 0 amide bonds. The van der Waals surface area contributed by atoms with Gasteiger partial charge in [-0.3, -0.25) is 0 Å². The van der Waals surface area contributed by atoms with E-state index in [4.69, 9.17) is 13.8 Å². The van der Waals surface area contributed by atoms with Gasteiger partial charge in [-0.1, -0.05) is 10.3 Å². The Morgan fingerprint density at radius 1 is 1.26 bits per heavy atom. The van der Waals surface area contributed by atoms with Crippen LogP contribution in [0.15, 0.2) is 21.2 Å². The highest BCUT2D eigenvalue weighted by Gasteiger charge is 2.29. The van der Waals surface area contributed by atoms with Crippen molar-refractivity contribution in [2.75, 3.05) is 0 Å². The number of fused-ring (bicyclic) bond motifs is 1. The average molecular weight is 313 g/mol. The molecule has 0 atom stereocenters. The third-order valence-corrected chi connectivity index (χ3v) is 3.88. The normalized spacial score (nSPS) is 14.3. The number of nitrogens with zero attached hydrogens (tertiary/aromatic N) is 3. The SMILES string of the molecule is Cc1cc(COC(=O)c2cc(C3CC3)nc3onc(C)c23)no1. The highest BCUT2D eigenvalue weighted by atomic mass is 16.5. The Bertz CT molecular complexity index is 892. The van der Waals surface area contributed by atoms with Crippen LogP contribution >= 0.6 is 0 Å². The zero-order valence-electron chi connectivity index (χ0n) is 12.8. The van der Waals surface area contributed by atoms with Crippen molar-refractivity contribution < 1.29 is 18.6 Å². The number of hydrogen-bond acceptors (Lipinski definition) is 7. The minimum absolute atomic E-state index is 0.0586. The molecule has 118 valence electrons. The average Bonchev–Trinajstić information content (AvgIpc) is 3.22. The van der Waals surface area contributed by atoms with Crippen molar-refractivity contribution in [1.29, 1.82) is 0 Å². The van der Waals surface area contributed by atoms with Crippen molar-refractivity contribution in [1.82, 2.24) is 15.3 Å². The molecule has 0 radical (unpaired) electrons. The Balaban J connectivity index is 1.65. The van der Waals surface area contributed by atoms with Gasteiger partial charge in [0.2, 0.25) is 0 Å². The van der Waals surface area contributed by atoms with E-state index in [2.05, 4.69) is 15.3 Å². The van der Waals surface area contributed by atoms with Gasteiger partial charge in [-0.05, 0) is 32.8 Å². The number of aromatic nitrogens is 3. The highest BCUT2D eigenvalue weighted by molar-refractivity contribution is 6.03. The van der Waals surface area contributed by atoms with Crippen LogP contribution in [0.3, 0.4) is 0 Å². The van der Waals surface area contributed by atoms with Crippen LogP contribution in [0.2, 0.25) is 0 Å². The second kappa shape index (κ2) is 5.19. The van der Waals surface area contributed by atoms with E-state index in [1.54, 1.807) is 26.0 Å². The van der Waals surface area contributed by atoms with Gasteiger partial charge < -0.3 is 13.8 Å². The van der Waals surface area contributed by atoms with E-state index in [0.29, 0.717) is 39.7 Å². The second-order valence-corrected chi connectivity index (χ2v) is 5.82. The summed E-state index contributed by atoms with van der Waals surface area (Å²) in [6.07, 6.45) is 2.16. The number of carbonyl (C=O) groups excluding carboxylic acids is 1. The Hall–Kier alpha value is -2.70. The molecule has 1 aliphatic rings. The van der Waals surface area contributed by atoms with Gasteiger partial charge in [0.15, 0.2) is 0 Å². The molecule has 1 aliphatic carbocycles. The molecule has 4 rings (SSSR count). The first-order valence-electron chi connectivity index (χ1n) is 7.48. The lowest BCUT2D eigenvalue weighted by Crippen LogP contribution is -2.08. The van der Waals surface area contributed by atoms with E-state index in [1.807, 2.05) is 0 Å². The predicted molar refractivity (Wildman–Crippen MR) is 78.9 cm³/mol. The third-order valence-electron chi connectivity index (χ3n) is 3.88. The Morgan fingerprint density at radius 2 is 2.09 bits per heavy atom. The summed E-state index contributed by atoms with van der Waals surface area (Å²) in [7, 11) is 0. The maximum absolute atomic E-state index is 12.5. The predicted octanol–water partition coefficient (Wildman–Crippen LogP) is 3.06. The summed E-state index contributed by atoms with van der Waals surface area (Å²) in [6.45, 7) is 3.62. The van der Waals surface area contributed by atoms with E-state index in [0.717, 1.165) is 18.5 Å². The fourth-order valence-corrected chi connectivity index (χ4v) is 2.57. The van der Waals surface area contributed by atoms with Crippen molar-refractivity contribution >= 4 is 17.1 Å². The first-order chi connectivity index (χ1) is 11.1. The second-order valence-electron chi connectivity index (χ2n) is 5.82. The van der Waals surface area contributed by atoms with Crippen LogP contribution in [0, 0.1) is 13.8 Å². The number of esters is 1. The summed E-state index contributed by atoms with van der Waals surface area (Å²) in [5, 5.41) is 8.33. The molecule has 0 unspecified atom stereocenters. The number of rotatable bonds is 4. The van der Waals surface area contributed by atoms with Crippen molar-refractivity contribution in [3.05, 3.63) is 40.5 Å². The van der Waals surface area contributed by atoms with Gasteiger partial charge in [-0.25, -0.2) is 9.78 Å². The van der Waals surface area contributed by atoms with E-state index in [-0.39, 0.29) is 6.61 Å². The fourth-order valence-electron chi connectivity index (χ4n) is 2.57. The van der Waals surface area contributed by atoms with Crippen LogP contribution in [0.5, 0.6) is 0 Å². The van der Waals surface area contributed by atoms with Crippen molar-refractivity contribution in [3.8, 4) is 0 Å². The molecule has 0 N–H and O–H groups in total. The van der Waals surface area contributed by atoms with E-state index in [1.165, 1.54) is 0 Å². The molecule has 23 heavy (non-hydrogen) atoms. The molecule has 3 aromatic heterocycles. The molecule has 0 aromatic carbocycles. The molecule has 7 heteroatoms. The molecule has 3 aromatic rings. The molecule has 7 nitrogen and oxygen atoms in total. The van der Waals surface area contributed by atoms with Gasteiger partial charge >= 0.3 is 5.97 Å². The van der Waals surface area contributed by atoms with E-state index >= 15 is 0 Å². The Labute approximate surface area is 131 Å². The maximum atomic E-state index is 12.5. The van der Waals surface area contributed by atoms with Crippen LogP contribution in [0.1, 0.15) is 52.0 Å². The summed E-state index contributed by atoms with van der Waals surface area (Å²) in [5.74, 6) is 0.633. The number of ether oxygens (including phenoxy) is 1. The number of aryl methyl sites for hydroxylation is 2. The summed E-state index contributed by atoms with van der Waals surface area (Å²) < 4.78 is 15.5. The minimum atomic E-state index is -0.439. The van der Waals surface area contributed by atoms with E-state index < -0.39 is 5.97 Å². The largest absolute Gasteiger partial charge is 0.455 e. The molecular weight excluding hydrogens is 298 g/mol. The molecule has 0 spiro atoms. The van der Waals surface area contributed by atoms with Gasteiger partial charge in [-0.2, -0.15) is 0 Å². The first kappa shape index (κ1) is 13.9. The monoisotopic (exact) mass is 313 g/mol. The summed E-state index contributed by atoms with van der Waals surface area (Å²) in [4.78, 5) is 17.0. The molecule has 0 aliphatic heterocycles. The van der Waals surface area contributed by atoms with Crippen LogP contribution in [-0.4, -0.2) is 21.3 Å². The maximum Gasteiger partial charge on any atom is 0.339 e. The van der Waals surface area contributed by atoms with Crippen LogP contribution < -0.4 is 0 Å². The third kappa shape index (κ3) is 2.58. The van der Waals surface area contributed by atoms with Gasteiger partial charge in [-0.15, -0.1) is 0 Å². The Morgan fingerprint density at radius 3 is 2.78 bits per heavy atom. The quantitative estimate of drug-likeness (QED) is 0.683. The summed E-state index contributed by atoms with van der Waals surface area (Å²) >= 11 is 0. The molecule has 3 heterocycles. The molecule has 0 saturated heterocycles. The fraction of sp³-hybridized carbons (Fsp3) is 0.375. The van der Waals surface area contributed by atoms with Gasteiger partial charge in [0, 0.05) is 17.7 Å². The van der Waals surface area contributed by atoms with Crippen LogP contribution in [0.25, 0.3) is 11.1 Å². The molecule has 0 bridgehead atoms. The minimum Gasteiger partial charge on any atom is -0.455 e. The van der Waals surface area contributed by atoms with Gasteiger partial charge in [0.05, 0.1) is 16.6 Å². The van der Waals surface area contributed by atoms with Crippen molar-refractivity contribution in [3.63, 3.8) is 0 Å². The number of hydrogen-bond donors (Lipinski definition) is 0. The smallest absolute Gasteiger partial charge is 0.339 e. The summed E-state index contributed by atoms with van der Waals surface area (Å²) in [6, 6.07) is 3.52. The molecular formula is C16H15N3O4. The lowest BCUT2D eigenvalue weighted by Gasteiger charge is -2.06. The standard InChI is InChI=1S/C16H15N3O4/c1-8-5-11(19-22-8)7-21-16(20)12-6-13(10-3-4-10)17-15-14(12)9(2)18-23-15/h5-6,10H,3-4,7H2,1-2H3. The molecule has 1 fully saturated rings. The number of carbonyl (C=O) groups is 1. The molecule has 1 saturated carbocycles. The van der Waals surface area contributed by atoms with Crippen molar-refractivity contribution in [2.24, 2.45) is 0 Å². The van der Waals surface area contributed by atoms with Crippen LogP contribution in [0.4, 0.5) is 0 Å². The first-order valence-corrected chi connectivity index (χ1v) is 7.48. The van der Waals surface area contributed by atoms with E-state index in [9.17, 15) is 4.79 Å². The Kier molecular flexibility index (Phi) is 3.14. The lowest BCUT2D eigenvalue weighted by molar-refractivity contribution is 0.0466. The van der Waals surface area contributed by atoms with Crippen LogP contribution in [-0.2, 0) is 11.3 Å². The highest BCUT2D eigenvalue weighted by Crippen LogP contribution is 2.40. The zero-order chi connectivity index (χ0) is 16.0. The van der Waals surface area contributed by atoms with Crippen molar-refractivity contribution in [2.45, 2.75) is 39.2 Å². The van der Waals surface area contributed by atoms with Gasteiger partial charge in [0.1, 0.15) is 18.1 Å². The topological polar surface area (TPSA) is 91.2 Å². The van der Waals surface area contributed by atoms with Gasteiger partial charge in [0.25, 0.3) is 5.71 Å².